The molecule has 3 fully saturated rings. The van der Waals surface area contributed by atoms with Crippen molar-refractivity contribution in [3.8, 4) is 0 Å². The molecule has 2 aliphatic heterocycles. The Morgan fingerprint density at radius 2 is 2.18 bits per heavy atom. The highest BCUT2D eigenvalue weighted by atomic mass is 16.6. The molecule has 0 radical (unpaired) electrons. The van der Waals surface area contributed by atoms with E-state index in [1.165, 1.54) is 0 Å². The van der Waals surface area contributed by atoms with E-state index in [-0.39, 0.29) is 17.6 Å². The molecule has 0 aromatic rings. The molecule has 17 heavy (non-hydrogen) atoms. The first-order valence-corrected chi connectivity index (χ1v) is 6.54. The third-order valence-corrected chi connectivity index (χ3v) is 4.07. The summed E-state index contributed by atoms with van der Waals surface area (Å²) in [6.45, 7) is 3.25. The van der Waals surface area contributed by atoms with E-state index in [2.05, 4.69) is 5.32 Å². The fourth-order valence-electron chi connectivity index (χ4n) is 3.10. The summed E-state index contributed by atoms with van der Waals surface area (Å²) in [6.07, 6.45) is 4.35. The van der Waals surface area contributed by atoms with Gasteiger partial charge >= 0.3 is 0 Å². The van der Waals surface area contributed by atoms with Crippen LogP contribution in [0.25, 0.3) is 0 Å². The van der Waals surface area contributed by atoms with Gasteiger partial charge in [-0.25, -0.2) is 0 Å². The van der Waals surface area contributed by atoms with Gasteiger partial charge < -0.3 is 14.4 Å². The van der Waals surface area contributed by atoms with Gasteiger partial charge in [-0.05, 0) is 12.8 Å². The number of carbonyl (C=O) groups is 1. The highest BCUT2D eigenvalue weighted by Gasteiger charge is 2.48. The third kappa shape index (κ3) is 2.07. The van der Waals surface area contributed by atoms with Crippen molar-refractivity contribution in [3.63, 3.8) is 0 Å². The maximum atomic E-state index is 12.4. The maximum Gasteiger partial charge on any atom is 0.244 e. The average Bonchev–Trinajstić information content (AvgIpc) is 2.95. The number of hydrogen-bond acceptors (Lipinski definition) is 4. The quantitative estimate of drug-likeness (QED) is 0.744. The molecule has 5 nitrogen and oxygen atoms in total. The molecule has 2 saturated heterocycles. The number of nitrogens with one attached hydrogen (secondary N) is 1. The van der Waals surface area contributed by atoms with Gasteiger partial charge in [-0.2, -0.15) is 0 Å². The second kappa shape index (κ2) is 4.55. The fourth-order valence-corrected chi connectivity index (χ4v) is 3.10. The van der Waals surface area contributed by atoms with Gasteiger partial charge in [-0.1, -0.05) is 12.8 Å². The average molecular weight is 240 g/mol. The van der Waals surface area contributed by atoms with Crippen LogP contribution in [0.4, 0.5) is 0 Å². The fraction of sp³-hybridized carbons (Fsp3) is 0.917. The summed E-state index contributed by atoms with van der Waals surface area (Å²) in [5, 5.41) is 3.40. The van der Waals surface area contributed by atoms with Gasteiger partial charge in [0.05, 0.1) is 44.7 Å². The lowest BCUT2D eigenvalue weighted by Gasteiger charge is -2.28. The number of nitrogens with zero attached hydrogens (tertiary/aromatic N) is 1. The van der Waals surface area contributed by atoms with Gasteiger partial charge in [0.15, 0.2) is 0 Å². The van der Waals surface area contributed by atoms with E-state index in [1.807, 2.05) is 4.90 Å². The third-order valence-electron chi connectivity index (χ3n) is 4.07. The summed E-state index contributed by atoms with van der Waals surface area (Å²) in [5.74, 6) is 0.268. The van der Waals surface area contributed by atoms with Crippen LogP contribution in [0.3, 0.4) is 0 Å². The summed E-state index contributed by atoms with van der Waals surface area (Å²) < 4.78 is 11.0. The minimum atomic E-state index is -0.241. The van der Waals surface area contributed by atoms with E-state index in [0.29, 0.717) is 33.0 Å². The molecule has 1 atom stereocenters. The standard InChI is InChI=1S/C12H20N2O3/c15-11-12(3-1-2-4-12)13-9-14(11)7-10-8-16-5-6-17-10/h10,13H,1-9H2. The molecule has 96 valence electrons. The molecular formula is C12H20N2O3. The van der Waals surface area contributed by atoms with Gasteiger partial charge in [-0.15, -0.1) is 0 Å². The molecule has 1 unspecified atom stereocenters. The Labute approximate surface area is 101 Å². The van der Waals surface area contributed by atoms with Gasteiger partial charge in [0.1, 0.15) is 0 Å². The molecule has 1 N–H and O–H groups in total. The van der Waals surface area contributed by atoms with Gasteiger partial charge in [0.2, 0.25) is 5.91 Å². The van der Waals surface area contributed by atoms with Crippen LogP contribution in [0.15, 0.2) is 0 Å². The molecule has 3 aliphatic rings. The summed E-state index contributed by atoms with van der Waals surface area (Å²) in [6, 6.07) is 0. The van der Waals surface area contributed by atoms with Crippen molar-refractivity contribution in [2.45, 2.75) is 37.3 Å². The van der Waals surface area contributed by atoms with Crippen LogP contribution in [0.2, 0.25) is 0 Å². The van der Waals surface area contributed by atoms with Crippen LogP contribution in [-0.4, -0.2) is 55.5 Å². The summed E-state index contributed by atoms with van der Waals surface area (Å²) in [7, 11) is 0. The Morgan fingerprint density at radius 1 is 1.35 bits per heavy atom. The monoisotopic (exact) mass is 240 g/mol. The molecule has 0 aromatic heterocycles. The normalized spacial score (nSPS) is 32.6. The van der Waals surface area contributed by atoms with Crippen LogP contribution >= 0.6 is 0 Å². The minimum Gasteiger partial charge on any atom is -0.376 e. The zero-order chi connectivity index (χ0) is 11.7. The molecule has 1 saturated carbocycles. The number of amides is 1. The van der Waals surface area contributed by atoms with E-state index < -0.39 is 0 Å². The van der Waals surface area contributed by atoms with E-state index in [4.69, 9.17) is 9.47 Å². The van der Waals surface area contributed by atoms with Crippen molar-refractivity contribution >= 4 is 5.91 Å². The van der Waals surface area contributed by atoms with E-state index in [9.17, 15) is 4.79 Å². The molecular weight excluding hydrogens is 220 g/mol. The lowest BCUT2D eigenvalue weighted by molar-refractivity contribution is -0.138. The van der Waals surface area contributed by atoms with Crippen LogP contribution in [0.5, 0.6) is 0 Å². The summed E-state index contributed by atoms with van der Waals surface area (Å²) in [5.41, 5.74) is -0.241. The van der Waals surface area contributed by atoms with Gasteiger partial charge in [0.25, 0.3) is 0 Å². The summed E-state index contributed by atoms with van der Waals surface area (Å²) >= 11 is 0. The lowest BCUT2D eigenvalue weighted by atomic mass is 9.98. The predicted octanol–water partition coefficient (Wildman–Crippen LogP) is 0.104. The SMILES string of the molecule is O=C1N(CC2COCCO2)CNC12CCCC2. The zero-order valence-electron chi connectivity index (χ0n) is 10.1. The summed E-state index contributed by atoms with van der Waals surface area (Å²) in [4.78, 5) is 14.3. The molecule has 5 heteroatoms. The Bertz CT molecular complexity index is 296. The Morgan fingerprint density at radius 3 is 2.88 bits per heavy atom. The Kier molecular flexibility index (Phi) is 3.06. The molecule has 1 aliphatic carbocycles. The van der Waals surface area contributed by atoms with Crippen LogP contribution in [0, 0.1) is 0 Å². The predicted molar refractivity (Wildman–Crippen MR) is 61.5 cm³/mol. The molecule has 1 spiro atoms. The zero-order valence-corrected chi connectivity index (χ0v) is 10.1. The Hall–Kier alpha value is -0.650. The van der Waals surface area contributed by atoms with Crippen LogP contribution in [-0.2, 0) is 14.3 Å². The lowest BCUT2D eigenvalue weighted by Crippen LogP contribution is -2.46. The molecule has 3 rings (SSSR count). The van der Waals surface area contributed by atoms with Crippen LogP contribution < -0.4 is 5.32 Å². The second-order valence-corrected chi connectivity index (χ2v) is 5.22. The number of hydrogen-bond donors (Lipinski definition) is 1. The molecule has 1 amide bonds. The first-order valence-electron chi connectivity index (χ1n) is 6.54. The van der Waals surface area contributed by atoms with E-state index >= 15 is 0 Å². The number of ether oxygens (including phenoxy) is 2. The van der Waals surface area contributed by atoms with Crippen molar-refractivity contribution in [2.24, 2.45) is 0 Å². The molecule has 0 aromatic carbocycles. The highest BCUT2D eigenvalue weighted by molar-refractivity contribution is 5.88. The highest BCUT2D eigenvalue weighted by Crippen LogP contribution is 2.34. The smallest absolute Gasteiger partial charge is 0.244 e. The van der Waals surface area contributed by atoms with E-state index in [0.717, 1.165) is 25.7 Å². The van der Waals surface area contributed by atoms with Crippen molar-refractivity contribution in [2.75, 3.05) is 33.0 Å². The van der Waals surface area contributed by atoms with Crippen molar-refractivity contribution in [1.82, 2.24) is 10.2 Å². The molecule has 2 heterocycles. The van der Waals surface area contributed by atoms with Crippen LogP contribution in [0.1, 0.15) is 25.7 Å². The molecule has 0 bridgehead atoms. The van der Waals surface area contributed by atoms with Gasteiger partial charge in [0, 0.05) is 0 Å². The number of carbonyl (C=O) groups excluding carboxylic acids is 1. The van der Waals surface area contributed by atoms with Crippen molar-refractivity contribution in [1.29, 1.82) is 0 Å². The Balaban J connectivity index is 1.59. The largest absolute Gasteiger partial charge is 0.376 e. The number of rotatable bonds is 2. The second-order valence-electron chi connectivity index (χ2n) is 5.22. The van der Waals surface area contributed by atoms with E-state index in [1.54, 1.807) is 0 Å². The van der Waals surface area contributed by atoms with Crippen molar-refractivity contribution < 1.29 is 14.3 Å². The topological polar surface area (TPSA) is 50.8 Å². The minimum absolute atomic E-state index is 0.0473. The maximum absolute atomic E-state index is 12.4. The first kappa shape index (κ1) is 11.4. The van der Waals surface area contributed by atoms with Crippen molar-refractivity contribution in [3.05, 3.63) is 0 Å². The first-order chi connectivity index (χ1) is 8.30. The van der Waals surface area contributed by atoms with Gasteiger partial charge in [-0.3, -0.25) is 10.1 Å².